The van der Waals surface area contributed by atoms with E-state index >= 15 is 0 Å². The van der Waals surface area contributed by atoms with Gasteiger partial charge in [0.05, 0.1) is 0 Å². The molecule has 0 saturated heterocycles. The largest absolute Gasteiger partial charge is 0.207 e. The smallest absolute Gasteiger partial charge is 0.126 e. The molecule has 0 aromatic heterocycles. The molecule has 21 heavy (non-hydrogen) atoms. The van der Waals surface area contributed by atoms with Crippen LogP contribution in [0.2, 0.25) is 0 Å². The van der Waals surface area contributed by atoms with Gasteiger partial charge in [0.25, 0.3) is 0 Å². The average Bonchev–Trinajstić information content (AvgIpc) is 2.42. The first-order valence-electron chi connectivity index (χ1n) is 8.72. The second kappa shape index (κ2) is 9.97. The van der Waals surface area contributed by atoms with Gasteiger partial charge in [0.15, 0.2) is 0 Å². The fourth-order valence-corrected chi connectivity index (χ4v) is 3.19. The highest BCUT2D eigenvalue weighted by Gasteiger charge is 2.13. The van der Waals surface area contributed by atoms with Gasteiger partial charge in [-0.2, -0.15) is 0 Å². The van der Waals surface area contributed by atoms with Crippen LogP contribution in [0.5, 0.6) is 0 Å². The molecular formula is C20H33F. The van der Waals surface area contributed by atoms with Crippen molar-refractivity contribution in [3.8, 4) is 0 Å². The third-order valence-corrected chi connectivity index (χ3v) is 4.12. The molecule has 120 valence electrons. The highest BCUT2D eigenvalue weighted by atomic mass is 19.1. The van der Waals surface area contributed by atoms with Crippen molar-refractivity contribution in [3.05, 3.63) is 35.6 Å². The number of halogens is 1. The molecule has 1 aliphatic carbocycles. The lowest BCUT2D eigenvalue weighted by atomic mass is 9.84. The topological polar surface area (TPSA) is 0 Å². The fraction of sp³-hybridized carbons (Fsp3) is 0.700. The van der Waals surface area contributed by atoms with Crippen molar-refractivity contribution in [3.63, 3.8) is 0 Å². The Balaban J connectivity index is 0.000000211. The van der Waals surface area contributed by atoms with Crippen LogP contribution in [0.1, 0.15) is 71.8 Å². The van der Waals surface area contributed by atoms with Crippen LogP contribution in [0, 0.1) is 23.6 Å². The van der Waals surface area contributed by atoms with E-state index in [9.17, 15) is 4.39 Å². The lowest BCUT2D eigenvalue weighted by Gasteiger charge is -2.22. The minimum absolute atomic E-state index is 0.0822. The monoisotopic (exact) mass is 292 g/mol. The van der Waals surface area contributed by atoms with E-state index < -0.39 is 0 Å². The van der Waals surface area contributed by atoms with Gasteiger partial charge in [0, 0.05) is 0 Å². The summed E-state index contributed by atoms with van der Waals surface area (Å²) in [4.78, 5) is 0. The van der Waals surface area contributed by atoms with Crippen molar-refractivity contribution >= 4 is 0 Å². The first-order chi connectivity index (χ1) is 9.99. The van der Waals surface area contributed by atoms with Gasteiger partial charge in [-0.3, -0.25) is 0 Å². The van der Waals surface area contributed by atoms with E-state index in [1.54, 1.807) is 6.07 Å². The summed E-state index contributed by atoms with van der Waals surface area (Å²) in [5, 5.41) is 0. The summed E-state index contributed by atoms with van der Waals surface area (Å²) in [5.74, 6) is 2.44. The Kier molecular flexibility index (Phi) is 8.64. The van der Waals surface area contributed by atoms with E-state index in [1.807, 2.05) is 12.1 Å². The first kappa shape index (κ1) is 18.2. The third-order valence-electron chi connectivity index (χ3n) is 4.12. The van der Waals surface area contributed by atoms with Crippen LogP contribution in [0.4, 0.5) is 4.39 Å². The van der Waals surface area contributed by atoms with Crippen LogP contribution in [-0.2, 0) is 6.42 Å². The van der Waals surface area contributed by atoms with Gasteiger partial charge in [-0.05, 0) is 42.2 Å². The van der Waals surface area contributed by atoms with Crippen LogP contribution in [0.15, 0.2) is 24.3 Å². The molecule has 0 aliphatic heterocycles. The summed E-state index contributed by atoms with van der Waals surface area (Å²) in [7, 11) is 0. The summed E-state index contributed by atoms with van der Waals surface area (Å²) in [6, 6.07) is 6.95. The summed E-state index contributed by atoms with van der Waals surface area (Å²) in [6.45, 7) is 8.86. The lowest BCUT2D eigenvalue weighted by molar-refractivity contribution is 0.305. The molecule has 0 bridgehead atoms. The predicted octanol–water partition coefficient (Wildman–Crippen LogP) is 6.64. The highest BCUT2D eigenvalue weighted by Crippen LogP contribution is 2.28. The van der Waals surface area contributed by atoms with Crippen molar-refractivity contribution in [2.45, 2.75) is 72.6 Å². The maximum atomic E-state index is 12.9. The van der Waals surface area contributed by atoms with Crippen molar-refractivity contribution < 1.29 is 4.39 Å². The molecule has 0 atom stereocenters. The second-order valence-electron chi connectivity index (χ2n) is 7.32. The number of benzene rings is 1. The molecule has 0 spiro atoms. The molecule has 0 unspecified atom stereocenters. The van der Waals surface area contributed by atoms with Crippen LogP contribution >= 0.6 is 0 Å². The molecule has 0 radical (unpaired) electrons. The fourth-order valence-electron chi connectivity index (χ4n) is 3.19. The summed E-state index contributed by atoms with van der Waals surface area (Å²) < 4.78 is 12.9. The molecule has 1 aromatic rings. The number of rotatable bonds is 4. The van der Waals surface area contributed by atoms with Crippen LogP contribution in [0.3, 0.4) is 0 Å². The van der Waals surface area contributed by atoms with Crippen LogP contribution in [0.25, 0.3) is 0 Å². The third kappa shape index (κ3) is 8.24. The summed E-state index contributed by atoms with van der Waals surface area (Å²) in [6.07, 6.45) is 9.81. The summed E-state index contributed by atoms with van der Waals surface area (Å²) in [5.41, 5.74) is 0.822. The normalized spacial score (nSPS) is 16.0. The SMILES string of the molecule is CC(C)CC1CCCCC1.CC(C)Cc1ccccc1F. The zero-order valence-electron chi connectivity index (χ0n) is 14.4. The van der Waals surface area contributed by atoms with Gasteiger partial charge >= 0.3 is 0 Å². The van der Waals surface area contributed by atoms with Gasteiger partial charge < -0.3 is 0 Å². The van der Waals surface area contributed by atoms with Gasteiger partial charge in [-0.15, -0.1) is 0 Å². The average molecular weight is 292 g/mol. The number of hydrogen-bond donors (Lipinski definition) is 0. The minimum atomic E-state index is -0.0822. The molecular weight excluding hydrogens is 259 g/mol. The second-order valence-corrected chi connectivity index (χ2v) is 7.32. The lowest BCUT2D eigenvalue weighted by Crippen LogP contribution is -2.08. The Morgan fingerprint density at radius 1 is 0.952 bits per heavy atom. The molecule has 0 nitrogen and oxygen atoms in total. The van der Waals surface area contributed by atoms with E-state index in [1.165, 1.54) is 44.6 Å². The van der Waals surface area contributed by atoms with Gasteiger partial charge in [-0.25, -0.2) is 4.39 Å². The molecule has 0 N–H and O–H groups in total. The van der Waals surface area contributed by atoms with Gasteiger partial charge in [0.2, 0.25) is 0 Å². The Labute approximate surface area is 131 Å². The molecule has 1 aliphatic rings. The molecule has 0 amide bonds. The van der Waals surface area contributed by atoms with Crippen LogP contribution in [-0.4, -0.2) is 0 Å². The van der Waals surface area contributed by atoms with Gasteiger partial charge in [-0.1, -0.05) is 78.0 Å². The zero-order chi connectivity index (χ0) is 15.7. The molecule has 1 saturated carbocycles. The van der Waals surface area contributed by atoms with E-state index in [-0.39, 0.29) is 5.82 Å². The Bertz CT molecular complexity index is 375. The zero-order valence-corrected chi connectivity index (χ0v) is 14.4. The molecule has 1 heteroatoms. The standard InChI is InChI=1S/C10H13F.C10H20/c1-8(2)7-9-5-3-4-6-10(9)11;1-9(2)8-10-6-4-3-5-7-10/h3-6,8H,7H2,1-2H3;9-10H,3-8H2,1-2H3. The quantitative estimate of drug-likeness (QED) is 0.583. The first-order valence-corrected chi connectivity index (χ1v) is 8.72. The van der Waals surface area contributed by atoms with Crippen molar-refractivity contribution in [2.24, 2.45) is 17.8 Å². The van der Waals surface area contributed by atoms with Gasteiger partial charge in [0.1, 0.15) is 5.82 Å². The van der Waals surface area contributed by atoms with Crippen molar-refractivity contribution in [1.82, 2.24) is 0 Å². The van der Waals surface area contributed by atoms with E-state index in [0.717, 1.165) is 23.8 Å². The molecule has 1 fully saturated rings. The van der Waals surface area contributed by atoms with Crippen LogP contribution < -0.4 is 0 Å². The van der Waals surface area contributed by atoms with E-state index in [4.69, 9.17) is 0 Å². The maximum absolute atomic E-state index is 12.9. The minimum Gasteiger partial charge on any atom is -0.207 e. The highest BCUT2D eigenvalue weighted by molar-refractivity contribution is 5.17. The van der Waals surface area contributed by atoms with E-state index in [2.05, 4.69) is 27.7 Å². The molecule has 0 heterocycles. The molecule has 1 aromatic carbocycles. The predicted molar refractivity (Wildman–Crippen MR) is 91.0 cm³/mol. The summed E-state index contributed by atoms with van der Waals surface area (Å²) >= 11 is 0. The van der Waals surface area contributed by atoms with Crippen molar-refractivity contribution in [1.29, 1.82) is 0 Å². The van der Waals surface area contributed by atoms with Crippen molar-refractivity contribution in [2.75, 3.05) is 0 Å². The van der Waals surface area contributed by atoms with E-state index in [0.29, 0.717) is 5.92 Å². The maximum Gasteiger partial charge on any atom is 0.126 e. The number of hydrogen-bond acceptors (Lipinski definition) is 0. The Morgan fingerprint density at radius 2 is 1.57 bits per heavy atom. The Hall–Kier alpha value is -0.850. The Morgan fingerprint density at radius 3 is 2.10 bits per heavy atom. The molecule has 2 rings (SSSR count).